The quantitative estimate of drug-likeness (QED) is 0.684. The van der Waals surface area contributed by atoms with Crippen LogP contribution in [0.2, 0.25) is 0 Å². The van der Waals surface area contributed by atoms with Crippen molar-refractivity contribution < 1.29 is 19.0 Å². The summed E-state index contributed by atoms with van der Waals surface area (Å²) < 4.78 is 15.6. The second-order valence-corrected chi connectivity index (χ2v) is 4.78. The van der Waals surface area contributed by atoms with E-state index in [0.717, 1.165) is 0 Å². The van der Waals surface area contributed by atoms with Crippen molar-refractivity contribution in [1.82, 2.24) is 20.2 Å². The topological polar surface area (TPSA) is 111 Å². The van der Waals surface area contributed by atoms with Gasteiger partial charge in [-0.25, -0.2) is 15.1 Å². The number of methoxy groups -OCH3 is 2. The zero-order valence-electron chi connectivity index (χ0n) is 13.3. The molecule has 2 heterocycles. The number of aromatic nitrogens is 4. The first-order valence-electron chi connectivity index (χ1n) is 6.98. The van der Waals surface area contributed by atoms with Crippen LogP contribution in [0.15, 0.2) is 24.5 Å². The number of carbonyl (C=O) groups excluding carboxylic acids is 1. The van der Waals surface area contributed by atoms with Gasteiger partial charge >= 0.3 is 5.97 Å². The molecule has 0 radical (unpaired) electrons. The minimum atomic E-state index is -0.438. The molecule has 3 aromatic rings. The highest BCUT2D eigenvalue weighted by molar-refractivity contribution is 5.96. The maximum absolute atomic E-state index is 11.0. The van der Waals surface area contributed by atoms with E-state index >= 15 is 0 Å². The van der Waals surface area contributed by atoms with Gasteiger partial charge in [0, 0.05) is 25.1 Å². The molecule has 0 aliphatic carbocycles. The number of fused-ring (bicyclic) bond motifs is 1. The zero-order chi connectivity index (χ0) is 17.1. The van der Waals surface area contributed by atoms with E-state index in [1.165, 1.54) is 13.3 Å². The van der Waals surface area contributed by atoms with Crippen LogP contribution < -0.4 is 19.5 Å². The third kappa shape index (κ3) is 3.05. The van der Waals surface area contributed by atoms with E-state index in [9.17, 15) is 4.79 Å². The molecule has 0 atom stereocenters. The van der Waals surface area contributed by atoms with E-state index in [1.54, 1.807) is 32.4 Å². The predicted octanol–water partition coefficient (Wildman–Crippen LogP) is 2.04. The average molecular weight is 329 g/mol. The maximum Gasteiger partial charge on any atom is 0.309 e. The van der Waals surface area contributed by atoms with Gasteiger partial charge in [0.2, 0.25) is 5.88 Å². The van der Waals surface area contributed by atoms with Gasteiger partial charge in [0.05, 0.1) is 25.1 Å². The molecular weight excluding hydrogens is 314 g/mol. The summed E-state index contributed by atoms with van der Waals surface area (Å²) in [5, 5.41) is 10.3. The predicted molar refractivity (Wildman–Crippen MR) is 85.8 cm³/mol. The van der Waals surface area contributed by atoms with Gasteiger partial charge in [-0.05, 0) is 0 Å². The molecule has 3 rings (SSSR count). The summed E-state index contributed by atoms with van der Waals surface area (Å²) in [6.07, 6.45) is 1.42. The number of ether oxygens (including phenoxy) is 3. The molecule has 0 saturated carbocycles. The highest BCUT2D eigenvalue weighted by atomic mass is 16.5. The molecule has 0 spiro atoms. The normalized spacial score (nSPS) is 10.5. The Morgan fingerprint density at radius 3 is 2.71 bits per heavy atom. The summed E-state index contributed by atoms with van der Waals surface area (Å²) in [5.41, 5.74) is 0.652. The third-order valence-corrected chi connectivity index (χ3v) is 3.19. The smallest absolute Gasteiger partial charge is 0.309 e. The Labute approximate surface area is 137 Å². The number of carbonyl (C=O) groups is 1. The van der Waals surface area contributed by atoms with Crippen molar-refractivity contribution in [2.45, 2.75) is 6.92 Å². The zero-order valence-corrected chi connectivity index (χ0v) is 13.3. The molecule has 0 bridgehead atoms. The molecule has 0 aliphatic heterocycles. The van der Waals surface area contributed by atoms with Gasteiger partial charge in [0.25, 0.3) is 0 Å². The van der Waals surface area contributed by atoms with Crippen molar-refractivity contribution in [1.29, 1.82) is 0 Å². The fraction of sp³-hybridized carbons (Fsp3) is 0.200. The number of esters is 1. The lowest BCUT2D eigenvalue weighted by Crippen LogP contribution is -2.01. The number of H-pyrrole nitrogens is 1. The second kappa shape index (κ2) is 6.41. The summed E-state index contributed by atoms with van der Waals surface area (Å²) in [5.74, 6) is 1.91. The standard InChI is InChI=1S/C15H15N5O4/c1-8(21)24-13-6-12(19-20-13)18-15-14-10(16-7-17-15)4-9(22-2)5-11(14)23-3/h4-7H,1-3H3,(H2,16,17,18,19,20). The van der Waals surface area contributed by atoms with Gasteiger partial charge in [-0.1, -0.05) is 0 Å². The lowest BCUT2D eigenvalue weighted by atomic mass is 10.2. The van der Waals surface area contributed by atoms with Crippen LogP contribution in [0.3, 0.4) is 0 Å². The minimum absolute atomic E-state index is 0.233. The monoisotopic (exact) mass is 329 g/mol. The summed E-state index contributed by atoms with van der Waals surface area (Å²) in [6.45, 7) is 1.31. The molecule has 124 valence electrons. The van der Waals surface area contributed by atoms with E-state index in [4.69, 9.17) is 14.2 Å². The van der Waals surface area contributed by atoms with Crippen molar-refractivity contribution in [2.75, 3.05) is 19.5 Å². The lowest BCUT2D eigenvalue weighted by Gasteiger charge is -2.11. The van der Waals surface area contributed by atoms with E-state index in [0.29, 0.717) is 34.0 Å². The summed E-state index contributed by atoms with van der Waals surface area (Å²) in [6, 6.07) is 5.07. The Bertz CT molecular complexity index is 893. The number of nitrogens with zero attached hydrogens (tertiary/aromatic N) is 3. The van der Waals surface area contributed by atoms with Crippen LogP contribution in [0.1, 0.15) is 6.92 Å². The van der Waals surface area contributed by atoms with Crippen molar-refractivity contribution in [2.24, 2.45) is 0 Å². The fourth-order valence-corrected chi connectivity index (χ4v) is 2.20. The van der Waals surface area contributed by atoms with E-state index < -0.39 is 5.97 Å². The fourth-order valence-electron chi connectivity index (χ4n) is 2.20. The Kier molecular flexibility index (Phi) is 4.15. The van der Waals surface area contributed by atoms with Crippen LogP contribution in [-0.4, -0.2) is 40.4 Å². The van der Waals surface area contributed by atoms with Crippen LogP contribution in [-0.2, 0) is 4.79 Å². The molecule has 0 aliphatic rings. The third-order valence-electron chi connectivity index (χ3n) is 3.19. The molecule has 0 fully saturated rings. The first-order valence-corrected chi connectivity index (χ1v) is 6.98. The van der Waals surface area contributed by atoms with E-state index in [1.807, 2.05) is 0 Å². The largest absolute Gasteiger partial charge is 0.497 e. The molecule has 9 heteroatoms. The molecule has 24 heavy (non-hydrogen) atoms. The number of nitrogens with one attached hydrogen (secondary N) is 2. The Hall–Kier alpha value is -3.36. The molecule has 0 unspecified atom stereocenters. The minimum Gasteiger partial charge on any atom is -0.497 e. The molecule has 2 N–H and O–H groups in total. The summed E-state index contributed by atoms with van der Waals surface area (Å²) in [7, 11) is 3.12. The SMILES string of the molecule is COc1cc(OC)c2c(Nc3cc(OC(C)=O)[nH]n3)ncnc2c1. The van der Waals surface area contributed by atoms with Gasteiger partial charge in [-0.15, -0.1) is 0 Å². The molecule has 0 amide bonds. The van der Waals surface area contributed by atoms with Gasteiger partial charge in [0.15, 0.2) is 5.82 Å². The average Bonchev–Trinajstić information content (AvgIpc) is 3.00. The first kappa shape index (κ1) is 15.5. The van der Waals surface area contributed by atoms with Gasteiger partial charge < -0.3 is 19.5 Å². The Morgan fingerprint density at radius 1 is 1.17 bits per heavy atom. The Morgan fingerprint density at radius 2 is 2.00 bits per heavy atom. The maximum atomic E-state index is 11.0. The van der Waals surface area contributed by atoms with Gasteiger partial charge in [0.1, 0.15) is 23.6 Å². The first-order chi connectivity index (χ1) is 11.6. The van der Waals surface area contributed by atoms with Crippen LogP contribution in [0.5, 0.6) is 17.4 Å². The van der Waals surface area contributed by atoms with Gasteiger partial charge in [-0.3, -0.25) is 4.79 Å². The second-order valence-electron chi connectivity index (χ2n) is 4.78. The van der Waals surface area contributed by atoms with E-state index in [2.05, 4.69) is 25.5 Å². The Balaban J connectivity index is 2.00. The number of rotatable bonds is 5. The van der Waals surface area contributed by atoms with Crippen LogP contribution in [0.25, 0.3) is 10.9 Å². The van der Waals surface area contributed by atoms with E-state index in [-0.39, 0.29) is 5.88 Å². The van der Waals surface area contributed by atoms with Crippen LogP contribution in [0.4, 0.5) is 11.6 Å². The van der Waals surface area contributed by atoms with Gasteiger partial charge in [-0.2, -0.15) is 5.10 Å². The highest BCUT2D eigenvalue weighted by Gasteiger charge is 2.14. The number of benzene rings is 1. The lowest BCUT2D eigenvalue weighted by molar-refractivity contribution is -0.132. The number of aromatic amines is 1. The van der Waals surface area contributed by atoms with Crippen molar-refractivity contribution in [3.8, 4) is 17.4 Å². The highest BCUT2D eigenvalue weighted by Crippen LogP contribution is 2.35. The molecule has 9 nitrogen and oxygen atoms in total. The number of hydrogen-bond donors (Lipinski definition) is 2. The molecule has 1 aromatic carbocycles. The number of anilines is 2. The number of hydrogen-bond acceptors (Lipinski definition) is 8. The van der Waals surface area contributed by atoms with Crippen molar-refractivity contribution in [3.05, 3.63) is 24.5 Å². The molecular formula is C15H15N5O4. The summed E-state index contributed by atoms with van der Waals surface area (Å²) in [4.78, 5) is 19.4. The van der Waals surface area contributed by atoms with Crippen LogP contribution in [0, 0.1) is 0 Å². The summed E-state index contributed by atoms with van der Waals surface area (Å²) >= 11 is 0. The molecule has 0 saturated heterocycles. The van der Waals surface area contributed by atoms with Crippen molar-refractivity contribution >= 4 is 28.5 Å². The van der Waals surface area contributed by atoms with Crippen molar-refractivity contribution in [3.63, 3.8) is 0 Å². The molecule has 2 aromatic heterocycles. The van der Waals surface area contributed by atoms with Crippen LogP contribution >= 0.6 is 0 Å².